The molecule has 5 nitrogen and oxygen atoms in total. The highest BCUT2D eigenvalue weighted by Crippen LogP contribution is 2.43. The summed E-state index contributed by atoms with van der Waals surface area (Å²) in [5, 5.41) is 0. The van der Waals surface area contributed by atoms with E-state index in [0.29, 0.717) is 17.2 Å². The quantitative estimate of drug-likeness (QED) is 0.499. The van der Waals surface area contributed by atoms with E-state index in [2.05, 4.69) is 0 Å². The Hall–Kier alpha value is -3.54. The first-order chi connectivity index (χ1) is 13.7. The van der Waals surface area contributed by atoms with E-state index in [9.17, 15) is 4.39 Å². The molecule has 142 valence electrons. The number of ether oxygens (including phenoxy) is 3. The van der Waals surface area contributed by atoms with Crippen LogP contribution in [0.4, 0.5) is 4.39 Å². The first kappa shape index (κ1) is 17.9. The number of halogens is 1. The van der Waals surface area contributed by atoms with Crippen molar-refractivity contribution in [3.05, 3.63) is 66.6 Å². The van der Waals surface area contributed by atoms with Gasteiger partial charge in [-0.05, 0) is 48.5 Å². The second-order valence-electron chi connectivity index (χ2n) is 6.16. The molecule has 0 aliphatic carbocycles. The maximum atomic E-state index is 13.4. The lowest BCUT2D eigenvalue weighted by molar-refractivity contribution is 0.324. The van der Waals surface area contributed by atoms with Crippen LogP contribution in [0.1, 0.15) is 0 Å². The van der Waals surface area contributed by atoms with Crippen LogP contribution >= 0.6 is 0 Å². The van der Waals surface area contributed by atoms with Gasteiger partial charge in [-0.25, -0.2) is 9.37 Å². The van der Waals surface area contributed by atoms with Crippen molar-refractivity contribution in [2.75, 3.05) is 21.3 Å². The number of hydrogen-bond acceptors (Lipinski definition) is 4. The maximum Gasteiger partial charge on any atom is 0.203 e. The van der Waals surface area contributed by atoms with Crippen LogP contribution in [0.15, 0.2) is 60.8 Å². The summed E-state index contributed by atoms with van der Waals surface area (Å²) >= 11 is 0. The fourth-order valence-electron chi connectivity index (χ4n) is 3.30. The van der Waals surface area contributed by atoms with E-state index in [1.165, 1.54) is 12.1 Å². The topological polar surface area (TPSA) is 45.0 Å². The fourth-order valence-corrected chi connectivity index (χ4v) is 3.30. The third-order valence-corrected chi connectivity index (χ3v) is 4.59. The zero-order valence-electron chi connectivity index (χ0n) is 15.8. The third-order valence-electron chi connectivity index (χ3n) is 4.59. The van der Waals surface area contributed by atoms with E-state index >= 15 is 0 Å². The van der Waals surface area contributed by atoms with Gasteiger partial charge in [0.25, 0.3) is 0 Å². The van der Waals surface area contributed by atoms with E-state index in [-0.39, 0.29) is 5.82 Å². The molecule has 0 fully saturated rings. The molecule has 0 atom stereocenters. The number of methoxy groups -OCH3 is 3. The van der Waals surface area contributed by atoms with Crippen molar-refractivity contribution in [2.45, 2.75) is 0 Å². The van der Waals surface area contributed by atoms with Gasteiger partial charge in [0.2, 0.25) is 5.75 Å². The largest absolute Gasteiger partial charge is 0.493 e. The Morgan fingerprint density at radius 2 is 1.50 bits per heavy atom. The molecule has 0 N–H and O–H groups in total. The molecule has 0 saturated carbocycles. The molecular formula is C22H19FN2O3. The summed E-state index contributed by atoms with van der Waals surface area (Å²) in [7, 11) is 4.73. The molecule has 0 aliphatic heterocycles. The van der Waals surface area contributed by atoms with Gasteiger partial charge in [-0.15, -0.1) is 0 Å². The van der Waals surface area contributed by atoms with Gasteiger partial charge in [0.05, 0.1) is 32.7 Å². The molecule has 2 aromatic carbocycles. The number of hydrogen-bond donors (Lipinski definition) is 0. The van der Waals surface area contributed by atoms with Gasteiger partial charge < -0.3 is 14.2 Å². The van der Waals surface area contributed by atoms with Gasteiger partial charge >= 0.3 is 0 Å². The molecule has 2 heterocycles. The van der Waals surface area contributed by atoms with E-state index < -0.39 is 0 Å². The van der Waals surface area contributed by atoms with Crippen LogP contribution in [-0.4, -0.2) is 30.7 Å². The minimum atomic E-state index is -0.290. The van der Waals surface area contributed by atoms with E-state index in [1.54, 1.807) is 33.5 Å². The molecule has 0 bridgehead atoms. The number of nitrogens with zero attached hydrogens (tertiary/aromatic N) is 2. The molecule has 4 aromatic rings. The molecule has 28 heavy (non-hydrogen) atoms. The first-order valence-corrected chi connectivity index (χ1v) is 8.69. The van der Waals surface area contributed by atoms with Gasteiger partial charge in [0.15, 0.2) is 11.5 Å². The summed E-state index contributed by atoms with van der Waals surface area (Å²) in [6.07, 6.45) is 1.94. The van der Waals surface area contributed by atoms with Crippen molar-refractivity contribution < 1.29 is 18.6 Å². The highest BCUT2D eigenvalue weighted by molar-refractivity contribution is 5.84. The van der Waals surface area contributed by atoms with Crippen LogP contribution in [0.3, 0.4) is 0 Å². The maximum absolute atomic E-state index is 13.4. The fraction of sp³-hybridized carbons (Fsp3) is 0.136. The monoisotopic (exact) mass is 378 g/mol. The van der Waals surface area contributed by atoms with Crippen LogP contribution in [0, 0.1) is 5.82 Å². The van der Waals surface area contributed by atoms with Crippen LogP contribution < -0.4 is 14.2 Å². The van der Waals surface area contributed by atoms with Crippen LogP contribution in [0.25, 0.3) is 28.2 Å². The number of aromatic nitrogens is 2. The smallest absolute Gasteiger partial charge is 0.203 e. The minimum absolute atomic E-state index is 0.290. The zero-order chi connectivity index (χ0) is 19.7. The molecule has 0 aliphatic rings. The highest BCUT2D eigenvalue weighted by atomic mass is 19.1. The molecule has 0 unspecified atom stereocenters. The van der Waals surface area contributed by atoms with Crippen molar-refractivity contribution in [1.29, 1.82) is 0 Å². The highest BCUT2D eigenvalue weighted by Gasteiger charge is 2.20. The number of benzene rings is 2. The average Bonchev–Trinajstić information content (AvgIpc) is 3.12. The van der Waals surface area contributed by atoms with Crippen molar-refractivity contribution in [1.82, 2.24) is 9.38 Å². The van der Waals surface area contributed by atoms with Crippen LogP contribution in [0.5, 0.6) is 17.2 Å². The average molecular weight is 378 g/mol. The Morgan fingerprint density at radius 3 is 2.11 bits per heavy atom. The zero-order valence-corrected chi connectivity index (χ0v) is 15.8. The summed E-state index contributed by atoms with van der Waals surface area (Å²) in [6, 6.07) is 15.8. The molecule has 0 spiro atoms. The Bertz CT molecular complexity index is 1110. The predicted octanol–water partition coefficient (Wildman–Crippen LogP) is 4.83. The van der Waals surface area contributed by atoms with Gasteiger partial charge in [-0.2, -0.15) is 0 Å². The molecule has 6 heteroatoms. The lowest BCUT2D eigenvalue weighted by Crippen LogP contribution is -1.97. The number of pyridine rings is 1. The Kier molecular flexibility index (Phi) is 4.61. The number of fused-ring (bicyclic) bond motifs is 1. The second-order valence-corrected chi connectivity index (χ2v) is 6.16. The number of imidazole rings is 1. The van der Waals surface area contributed by atoms with E-state index in [0.717, 1.165) is 28.2 Å². The normalized spacial score (nSPS) is 10.9. The van der Waals surface area contributed by atoms with Crippen molar-refractivity contribution >= 4 is 5.65 Å². The SMILES string of the molecule is COc1cc(-c2c(-c3ccc(F)cc3)nc3ccccn23)cc(OC)c1OC. The molecule has 4 rings (SSSR count). The van der Waals surface area contributed by atoms with Crippen molar-refractivity contribution in [3.63, 3.8) is 0 Å². The predicted molar refractivity (Wildman–Crippen MR) is 106 cm³/mol. The molecule has 0 saturated heterocycles. The van der Waals surface area contributed by atoms with Crippen LogP contribution in [0.2, 0.25) is 0 Å². The summed E-state index contributed by atoms with van der Waals surface area (Å²) in [5.41, 5.74) is 4.02. The third kappa shape index (κ3) is 2.93. The molecular weight excluding hydrogens is 359 g/mol. The molecule has 0 radical (unpaired) electrons. The van der Waals surface area contributed by atoms with Gasteiger partial charge in [0.1, 0.15) is 11.5 Å². The molecule has 2 aromatic heterocycles. The first-order valence-electron chi connectivity index (χ1n) is 8.69. The minimum Gasteiger partial charge on any atom is -0.493 e. The second kappa shape index (κ2) is 7.23. The Labute approximate surface area is 161 Å². The Morgan fingerprint density at radius 1 is 0.821 bits per heavy atom. The summed E-state index contributed by atoms with van der Waals surface area (Å²) in [4.78, 5) is 4.77. The summed E-state index contributed by atoms with van der Waals surface area (Å²) in [5.74, 6) is 1.33. The summed E-state index contributed by atoms with van der Waals surface area (Å²) in [6.45, 7) is 0. The van der Waals surface area contributed by atoms with E-state index in [1.807, 2.05) is 40.9 Å². The van der Waals surface area contributed by atoms with E-state index in [4.69, 9.17) is 19.2 Å². The van der Waals surface area contributed by atoms with Gasteiger partial charge in [-0.3, -0.25) is 4.40 Å². The van der Waals surface area contributed by atoms with Gasteiger partial charge in [-0.1, -0.05) is 6.07 Å². The number of rotatable bonds is 5. The van der Waals surface area contributed by atoms with Crippen molar-refractivity contribution in [2.24, 2.45) is 0 Å². The standard InChI is InChI=1S/C22H19FN2O3/c1-26-17-12-15(13-18(27-2)22(17)28-3)21-20(14-7-9-16(23)10-8-14)24-19-6-4-5-11-25(19)21/h4-13H,1-3H3. The lowest BCUT2D eigenvalue weighted by Gasteiger charge is -2.15. The summed E-state index contributed by atoms with van der Waals surface area (Å²) < 4.78 is 31.9. The van der Waals surface area contributed by atoms with Crippen molar-refractivity contribution in [3.8, 4) is 39.8 Å². The Balaban J connectivity index is 2.03. The van der Waals surface area contributed by atoms with Crippen LogP contribution in [-0.2, 0) is 0 Å². The molecule has 0 amide bonds. The van der Waals surface area contributed by atoms with Gasteiger partial charge in [0, 0.05) is 17.3 Å². The lowest BCUT2D eigenvalue weighted by atomic mass is 10.0.